The summed E-state index contributed by atoms with van der Waals surface area (Å²) in [6.07, 6.45) is 0. The van der Waals surface area contributed by atoms with Crippen LogP contribution in [-0.4, -0.2) is 16.4 Å². The summed E-state index contributed by atoms with van der Waals surface area (Å²) in [4.78, 5) is 0. The van der Waals surface area contributed by atoms with E-state index in [-0.39, 0.29) is 10.8 Å². The average molecular weight is 403 g/mol. The molecule has 0 heterocycles. The Balaban J connectivity index is 2.31. The molecule has 0 fully saturated rings. The zero-order chi connectivity index (χ0) is 20.4. The summed E-state index contributed by atoms with van der Waals surface area (Å²) in [6.45, 7) is 12.7. The first-order chi connectivity index (χ1) is 12.4. The maximum absolute atomic E-state index is 10.9. The van der Waals surface area contributed by atoms with E-state index in [0.717, 1.165) is 32.4 Å². The van der Waals surface area contributed by atoms with Gasteiger partial charge in [-0.1, -0.05) is 65.9 Å². The lowest BCUT2D eigenvalue weighted by Gasteiger charge is -2.28. The number of thioether (sulfide) groups is 1. The van der Waals surface area contributed by atoms with Crippen LogP contribution in [0.25, 0.3) is 0 Å². The van der Waals surface area contributed by atoms with Gasteiger partial charge in [-0.05, 0) is 46.2 Å². The minimum absolute atomic E-state index is 0.156. The molecule has 0 radical (unpaired) electrons. The van der Waals surface area contributed by atoms with E-state index in [0.29, 0.717) is 5.75 Å². The molecule has 0 saturated carbocycles. The molecule has 2 aromatic carbocycles. The molecule has 0 aromatic heterocycles. The smallest absolute Gasteiger partial charge is 0.123 e. The van der Waals surface area contributed by atoms with Gasteiger partial charge in [0.1, 0.15) is 11.5 Å². The van der Waals surface area contributed by atoms with Gasteiger partial charge >= 0.3 is 0 Å². The fraction of sp³-hybridized carbons (Fsp3) is 0.435. The molecule has 0 aliphatic rings. The Bertz CT molecular complexity index is 775. The van der Waals surface area contributed by atoms with Gasteiger partial charge in [0.05, 0.1) is 11.3 Å². The van der Waals surface area contributed by atoms with E-state index < -0.39 is 0 Å². The summed E-state index contributed by atoms with van der Waals surface area (Å²) in [7, 11) is 1.67. The highest BCUT2D eigenvalue weighted by atomic mass is 32.2. The molecule has 0 atom stereocenters. The van der Waals surface area contributed by atoms with Crippen molar-refractivity contribution in [1.82, 2.24) is 0 Å². The van der Waals surface area contributed by atoms with Crippen LogP contribution in [0.4, 0.5) is 0 Å². The molecule has 2 nitrogen and oxygen atoms in total. The van der Waals surface area contributed by atoms with Crippen LogP contribution in [0, 0.1) is 0 Å². The second-order valence-corrected chi connectivity index (χ2v) is 10.5. The largest absolute Gasteiger partial charge is 0.507 e. The molecule has 0 amide bonds. The number of benzene rings is 2. The third kappa shape index (κ3) is 5.49. The van der Waals surface area contributed by atoms with Gasteiger partial charge in [-0.15, -0.1) is 11.8 Å². The number of phenols is 1. The van der Waals surface area contributed by atoms with E-state index in [1.807, 2.05) is 24.3 Å². The Morgan fingerprint density at radius 1 is 0.963 bits per heavy atom. The lowest BCUT2D eigenvalue weighted by Crippen LogP contribution is -2.18. The van der Waals surface area contributed by atoms with Gasteiger partial charge in [0.15, 0.2) is 0 Å². The second-order valence-electron chi connectivity index (χ2n) is 8.84. The molecular weight excluding hydrogens is 372 g/mol. The van der Waals surface area contributed by atoms with Crippen molar-refractivity contribution in [3.63, 3.8) is 0 Å². The number of aromatic hydroxyl groups is 1. The number of rotatable bonds is 4. The maximum Gasteiger partial charge on any atom is 0.123 e. The Morgan fingerprint density at radius 2 is 1.44 bits per heavy atom. The summed E-state index contributed by atoms with van der Waals surface area (Å²) in [6, 6.07) is 12.2. The molecule has 27 heavy (non-hydrogen) atoms. The Labute approximate surface area is 173 Å². The number of hydrogen-bond acceptors (Lipinski definition) is 4. The molecule has 146 valence electrons. The van der Waals surface area contributed by atoms with Crippen LogP contribution in [0.15, 0.2) is 36.4 Å². The van der Waals surface area contributed by atoms with Gasteiger partial charge < -0.3 is 9.84 Å². The van der Waals surface area contributed by atoms with Gasteiger partial charge in [0.25, 0.3) is 0 Å². The highest BCUT2D eigenvalue weighted by Gasteiger charge is 2.27. The summed E-state index contributed by atoms with van der Waals surface area (Å²) >= 11 is 7.38. The van der Waals surface area contributed by atoms with Crippen LogP contribution in [-0.2, 0) is 16.6 Å². The quantitative estimate of drug-likeness (QED) is 0.583. The van der Waals surface area contributed by atoms with Crippen LogP contribution in [0.5, 0.6) is 11.5 Å². The van der Waals surface area contributed by atoms with Crippen molar-refractivity contribution in [3.8, 4) is 11.5 Å². The van der Waals surface area contributed by atoms with E-state index in [1.165, 1.54) is 5.56 Å². The van der Waals surface area contributed by atoms with Gasteiger partial charge in [0.2, 0.25) is 0 Å². The standard InChI is InChI=1S/C23H30O2S2/c1-22(2,3)18-12-16(13-19(20(18)24)23(4,5)6)21(26)27-14-15-8-10-17(25-7)11-9-15/h8-13,24H,14H2,1-7H3. The van der Waals surface area contributed by atoms with Crippen molar-refractivity contribution >= 4 is 28.2 Å². The lowest BCUT2D eigenvalue weighted by molar-refractivity contribution is 0.414. The van der Waals surface area contributed by atoms with Crippen LogP contribution >= 0.6 is 24.0 Å². The van der Waals surface area contributed by atoms with Crippen molar-refractivity contribution in [2.45, 2.75) is 58.1 Å². The van der Waals surface area contributed by atoms with Crippen LogP contribution in [0.1, 0.15) is 63.8 Å². The molecule has 0 unspecified atom stereocenters. The van der Waals surface area contributed by atoms with Crippen molar-refractivity contribution in [2.24, 2.45) is 0 Å². The molecule has 2 rings (SSSR count). The van der Waals surface area contributed by atoms with Gasteiger partial charge in [-0.25, -0.2) is 0 Å². The predicted molar refractivity (Wildman–Crippen MR) is 121 cm³/mol. The summed E-state index contributed by atoms with van der Waals surface area (Å²) in [5.41, 5.74) is 3.78. The Morgan fingerprint density at radius 3 is 1.85 bits per heavy atom. The average Bonchev–Trinajstić information content (AvgIpc) is 2.58. The number of phenolic OH excluding ortho intramolecular Hbond substituents is 1. The zero-order valence-corrected chi connectivity index (χ0v) is 19.0. The first-order valence-electron chi connectivity index (χ1n) is 9.11. The fourth-order valence-corrected chi connectivity index (χ4v) is 3.92. The molecule has 0 aliphatic heterocycles. The predicted octanol–water partition coefficient (Wildman–Crippen LogP) is 6.60. The molecule has 0 spiro atoms. The summed E-state index contributed by atoms with van der Waals surface area (Å²) in [5, 5.41) is 10.9. The molecule has 4 heteroatoms. The van der Waals surface area contributed by atoms with Crippen molar-refractivity contribution in [1.29, 1.82) is 0 Å². The Hall–Kier alpha value is -1.52. The van der Waals surface area contributed by atoms with Crippen molar-refractivity contribution < 1.29 is 9.84 Å². The van der Waals surface area contributed by atoms with Crippen LogP contribution < -0.4 is 4.74 Å². The summed E-state index contributed by atoms with van der Waals surface area (Å²) < 4.78 is 6.06. The number of thiocarbonyl (C=S) groups is 1. The van der Waals surface area contributed by atoms with Crippen LogP contribution in [0.2, 0.25) is 0 Å². The zero-order valence-electron chi connectivity index (χ0n) is 17.3. The molecular formula is C23H30O2S2. The van der Waals surface area contributed by atoms with Crippen molar-refractivity contribution in [3.05, 3.63) is 58.7 Å². The Kier molecular flexibility index (Phi) is 6.64. The van der Waals surface area contributed by atoms with E-state index in [1.54, 1.807) is 18.9 Å². The minimum atomic E-state index is -0.156. The van der Waals surface area contributed by atoms with E-state index in [4.69, 9.17) is 17.0 Å². The number of ether oxygens (including phenoxy) is 1. The van der Waals surface area contributed by atoms with E-state index in [9.17, 15) is 5.11 Å². The number of methoxy groups -OCH3 is 1. The van der Waals surface area contributed by atoms with Gasteiger partial charge in [-0.3, -0.25) is 0 Å². The highest BCUT2D eigenvalue weighted by molar-refractivity contribution is 8.23. The van der Waals surface area contributed by atoms with Gasteiger partial charge in [0, 0.05) is 16.9 Å². The highest BCUT2D eigenvalue weighted by Crippen LogP contribution is 2.40. The topological polar surface area (TPSA) is 29.5 Å². The SMILES string of the molecule is COc1ccc(CSC(=S)c2cc(C(C)(C)C)c(O)c(C(C)(C)C)c2)cc1. The molecule has 0 saturated heterocycles. The number of hydrogen-bond donors (Lipinski definition) is 1. The van der Waals surface area contributed by atoms with E-state index >= 15 is 0 Å². The fourth-order valence-electron chi connectivity index (χ4n) is 2.85. The maximum atomic E-state index is 10.9. The second kappa shape index (κ2) is 8.24. The van der Waals surface area contributed by atoms with Crippen LogP contribution in [0.3, 0.4) is 0 Å². The van der Waals surface area contributed by atoms with E-state index in [2.05, 4.69) is 53.7 Å². The third-order valence-corrected chi connectivity index (χ3v) is 6.06. The first-order valence-corrected chi connectivity index (χ1v) is 10.5. The third-order valence-electron chi connectivity index (χ3n) is 4.49. The molecule has 1 N–H and O–H groups in total. The van der Waals surface area contributed by atoms with Gasteiger partial charge in [-0.2, -0.15) is 0 Å². The van der Waals surface area contributed by atoms with Crippen molar-refractivity contribution in [2.75, 3.05) is 7.11 Å². The minimum Gasteiger partial charge on any atom is -0.507 e. The molecule has 2 aromatic rings. The monoisotopic (exact) mass is 402 g/mol. The molecule has 0 bridgehead atoms. The normalized spacial score (nSPS) is 12.1. The molecule has 0 aliphatic carbocycles. The summed E-state index contributed by atoms with van der Waals surface area (Å²) in [5.74, 6) is 2.05. The first kappa shape index (κ1) is 21.8. The lowest BCUT2D eigenvalue weighted by atomic mass is 9.78.